The number of halogens is 6. The molecular formula is C16H13Cl3F3N3O3. The van der Waals surface area contributed by atoms with Crippen LogP contribution < -0.4 is 5.32 Å². The van der Waals surface area contributed by atoms with Gasteiger partial charge in [0.05, 0.1) is 35.4 Å². The van der Waals surface area contributed by atoms with Crippen LogP contribution in [-0.4, -0.2) is 44.1 Å². The van der Waals surface area contributed by atoms with E-state index >= 15 is 0 Å². The maximum absolute atomic E-state index is 11.9. The van der Waals surface area contributed by atoms with Crippen LogP contribution in [0, 0.1) is 11.3 Å². The van der Waals surface area contributed by atoms with Crippen molar-refractivity contribution >= 4 is 40.7 Å². The van der Waals surface area contributed by atoms with E-state index in [1.165, 1.54) is 12.1 Å². The van der Waals surface area contributed by atoms with Gasteiger partial charge in [0.2, 0.25) is 17.5 Å². The number of hydrogen-bond acceptors (Lipinski definition) is 6. The summed E-state index contributed by atoms with van der Waals surface area (Å²) in [6.07, 6.45) is -4.37. The Kier molecular flexibility index (Phi) is 8.22. The van der Waals surface area contributed by atoms with E-state index in [9.17, 15) is 18.4 Å². The Morgan fingerprint density at radius 3 is 2.54 bits per heavy atom. The lowest BCUT2D eigenvalue weighted by Crippen LogP contribution is -2.19. The lowest BCUT2D eigenvalue weighted by Gasteiger charge is -2.08. The van der Waals surface area contributed by atoms with Gasteiger partial charge in [0, 0.05) is 11.6 Å². The molecule has 152 valence electrons. The third-order valence-corrected chi connectivity index (χ3v) is 4.15. The molecule has 0 fully saturated rings. The molecule has 0 aliphatic carbocycles. The Labute approximate surface area is 173 Å². The number of aromatic nitrogens is 1. The molecule has 0 aliphatic rings. The molecule has 0 spiro atoms. The Bertz CT molecular complexity index is 853. The van der Waals surface area contributed by atoms with E-state index in [0.717, 1.165) is 0 Å². The van der Waals surface area contributed by atoms with E-state index < -0.39 is 12.8 Å². The van der Waals surface area contributed by atoms with Gasteiger partial charge in [-0.2, -0.15) is 23.4 Å². The average Bonchev–Trinajstić information content (AvgIpc) is 3.02. The van der Waals surface area contributed by atoms with Gasteiger partial charge in [0.1, 0.15) is 12.7 Å². The molecule has 6 nitrogen and oxygen atoms in total. The van der Waals surface area contributed by atoms with Crippen molar-refractivity contribution in [1.82, 2.24) is 4.98 Å². The number of alkyl halides is 3. The summed E-state index contributed by atoms with van der Waals surface area (Å²) < 4.78 is 50.7. The summed E-state index contributed by atoms with van der Waals surface area (Å²) in [6, 6.07) is 4.83. The van der Waals surface area contributed by atoms with Crippen LogP contribution in [0.1, 0.15) is 5.69 Å². The molecule has 28 heavy (non-hydrogen) atoms. The second kappa shape index (κ2) is 10.2. The standard InChI is InChI=1S/C16H13Cl3F3N3O3/c17-9-5-10(13(19)11(18)6-9)14-25-12(7-23)15(28-14)24-1-2-26-3-4-27-8-16(20,21)22/h5-6,24H,1-4,8H2. The minimum atomic E-state index is -4.37. The first-order chi connectivity index (χ1) is 13.2. The number of benzene rings is 1. The Morgan fingerprint density at radius 1 is 1.14 bits per heavy atom. The Hall–Kier alpha value is -1.70. The number of nitriles is 1. The van der Waals surface area contributed by atoms with Gasteiger partial charge in [-0.05, 0) is 12.1 Å². The minimum Gasteiger partial charge on any atom is -0.419 e. The number of hydrogen-bond donors (Lipinski definition) is 1. The molecule has 1 aromatic carbocycles. The van der Waals surface area contributed by atoms with E-state index in [2.05, 4.69) is 15.0 Å². The monoisotopic (exact) mass is 457 g/mol. The van der Waals surface area contributed by atoms with Crippen LogP contribution in [0.5, 0.6) is 0 Å². The fourth-order valence-corrected chi connectivity index (χ4v) is 2.67. The van der Waals surface area contributed by atoms with Gasteiger partial charge < -0.3 is 19.2 Å². The fraction of sp³-hybridized carbons (Fsp3) is 0.375. The van der Waals surface area contributed by atoms with Gasteiger partial charge in [0.15, 0.2) is 0 Å². The van der Waals surface area contributed by atoms with Crippen LogP contribution in [0.3, 0.4) is 0 Å². The van der Waals surface area contributed by atoms with E-state index in [1.54, 1.807) is 0 Å². The molecule has 2 rings (SSSR count). The van der Waals surface area contributed by atoms with Crippen molar-refractivity contribution < 1.29 is 27.1 Å². The minimum absolute atomic E-state index is 0.0128. The van der Waals surface area contributed by atoms with Crippen LogP contribution in [0.4, 0.5) is 19.1 Å². The Balaban J connectivity index is 1.88. The van der Waals surface area contributed by atoms with Crippen LogP contribution >= 0.6 is 34.8 Å². The summed E-state index contributed by atoms with van der Waals surface area (Å²) in [5, 5.41) is 12.7. The molecule has 0 bridgehead atoms. The van der Waals surface area contributed by atoms with Crippen LogP contribution in [0.15, 0.2) is 16.5 Å². The lowest BCUT2D eigenvalue weighted by molar-refractivity contribution is -0.176. The van der Waals surface area contributed by atoms with Crippen LogP contribution in [-0.2, 0) is 9.47 Å². The first-order valence-electron chi connectivity index (χ1n) is 7.73. The van der Waals surface area contributed by atoms with Crippen molar-refractivity contribution in [2.45, 2.75) is 6.18 Å². The predicted molar refractivity (Wildman–Crippen MR) is 97.9 cm³/mol. The average molecular weight is 459 g/mol. The zero-order valence-corrected chi connectivity index (χ0v) is 16.3. The molecule has 1 N–H and O–H groups in total. The van der Waals surface area contributed by atoms with Crippen molar-refractivity contribution in [2.24, 2.45) is 0 Å². The van der Waals surface area contributed by atoms with Gasteiger partial charge in [0.25, 0.3) is 0 Å². The number of rotatable bonds is 9. The molecular weight excluding hydrogens is 446 g/mol. The van der Waals surface area contributed by atoms with Crippen molar-refractivity contribution in [3.63, 3.8) is 0 Å². The molecule has 0 unspecified atom stereocenters. The summed E-state index contributed by atoms with van der Waals surface area (Å²) in [4.78, 5) is 4.05. The highest BCUT2D eigenvalue weighted by Gasteiger charge is 2.27. The molecule has 1 aromatic heterocycles. The van der Waals surface area contributed by atoms with Crippen molar-refractivity contribution in [3.05, 3.63) is 32.9 Å². The van der Waals surface area contributed by atoms with E-state index in [0.29, 0.717) is 10.6 Å². The number of ether oxygens (including phenoxy) is 2. The van der Waals surface area contributed by atoms with Crippen molar-refractivity contribution in [2.75, 3.05) is 38.3 Å². The zero-order chi connectivity index (χ0) is 20.7. The third kappa shape index (κ3) is 6.72. The van der Waals surface area contributed by atoms with Gasteiger partial charge in [-0.1, -0.05) is 34.8 Å². The summed E-state index contributed by atoms with van der Waals surface area (Å²) in [5.41, 5.74) is 0.303. The quantitative estimate of drug-likeness (QED) is 0.412. The van der Waals surface area contributed by atoms with Crippen LogP contribution in [0.2, 0.25) is 15.1 Å². The highest BCUT2D eigenvalue weighted by Crippen LogP contribution is 2.37. The third-order valence-electron chi connectivity index (χ3n) is 3.13. The van der Waals surface area contributed by atoms with E-state index in [-0.39, 0.29) is 53.9 Å². The van der Waals surface area contributed by atoms with Gasteiger partial charge in [-0.3, -0.25) is 0 Å². The molecule has 0 amide bonds. The van der Waals surface area contributed by atoms with Gasteiger partial charge in [-0.15, -0.1) is 0 Å². The first-order valence-corrected chi connectivity index (χ1v) is 8.86. The summed E-state index contributed by atoms with van der Waals surface area (Å²) in [7, 11) is 0. The highest BCUT2D eigenvalue weighted by molar-refractivity contribution is 6.44. The highest BCUT2D eigenvalue weighted by atomic mass is 35.5. The molecule has 0 saturated carbocycles. The molecule has 0 atom stereocenters. The SMILES string of the molecule is N#Cc1nc(-c2cc(Cl)cc(Cl)c2Cl)oc1NCCOCCOCC(F)(F)F. The van der Waals surface area contributed by atoms with Crippen molar-refractivity contribution in [3.8, 4) is 17.5 Å². The molecule has 0 radical (unpaired) electrons. The molecule has 0 aliphatic heterocycles. The van der Waals surface area contributed by atoms with Gasteiger partial charge >= 0.3 is 6.18 Å². The number of nitrogens with zero attached hydrogens (tertiary/aromatic N) is 2. The fourth-order valence-electron chi connectivity index (χ4n) is 1.99. The number of nitrogens with one attached hydrogen (secondary N) is 1. The summed E-state index contributed by atoms with van der Waals surface area (Å²) >= 11 is 18.0. The molecule has 0 saturated heterocycles. The molecule has 12 heteroatoms. The van der Waals surface area contributed by atoms with Crippen LogP contribution in [0.25, 0.3) is 11.5 Å². The maximum Gasteiger partial charge on any atom is 0.411 e. The molecule has 2 aromatic rings. The second-order valence-corrected chi connectivity index (χ2v) is 6.49. The van der Waals surface area contributed by atoms with E-state index in [4.69, 9.17) is 44.0 Å². The zero-order valence-electron chi connectivity index (χ0n) is 14.1. The number of anilines is 1. The first kappa shape index (κ1) is 22.6. The normalized spacial score (nSPS) is 11.5. The smallest absolute Gasteiger partial charge is 0.411 e. The topological polar surface area (TPSA) is 80.3 Å². The Morgan fingerprint density at radius 2 is 1.86 bits per heavy atom. The van der Waals surface area contributed by atoms with Gasteiger partial charge in [-0.25, -0.2) is 0 Å². The lowest BCUT2D eigenvalue weighted by atomic mass is 10.2. The van der Waals surface area contributed by atoms with Crippen molar-refractivity contribution in [1.29, 1.82) is 5.26 Å². The summed E-state index contributed by atoms with van der Waals surface area (Å²) in [6.45, 7) is -1.17. The summed E-state index contributed by atoms with van der Waals surface area (Å²) in [5.74, 6) is 0.136. The second-order valence-electron chi connectivity index (χ2n) is 5.26. The van der Waals surface area contributed by atoms with E-state index in [1.807, 2.05) is 6.07 Å². The largest absolute Gasteiger partial charge is 0.419 e. The maximum atomic E-state index is 11.9. The number of oxazole rings is 1. The molecule has 1 heterocycles. The predicted octanol–water partition coefficient (Wildman–Crippen LogP) is 5.18.